The predicted molar refractivity (Wildman–Crippen MR) is 85.1 cm³/mol. The van der Waals surface area contributed by atoms with E-state index >= 15 is 0 Å². The van der Waals surface area contributed by atoms with Gasteiger partial charge in [-0.3, -0.25) is 4.90 Å². The van der Waals surface area contributed by atoms with Crippen LogP contribution in [-0.2, 0) is 11.3 Å². The van der Waals surface area contributed by atoms with Crippen LogP contribution in [0.5, 0.6) is 0 Å². The SMILES string of the molecule is CC(C)(C)OC(=O)N1CCN(Cc2cc(Br)cs2)CC1. The molecule has 1 aliphatic heterocycles. The molecule has 0 spiro atoms. The van der Waals surface area contributed by atoms with Gasteiger partial charge in [-0.2, -0.15) is 0 Å². The number of ether oxygens (including phenoxy) is 1. The van der Waals surface area contributed by atoms with Crippen molar-refractivity contribution in [2.45, 2.75) is 32.9 Å². The Kier molecular flexibility index (Phi) is 5.09. The average Bonchev–Trinajstić information content (AvgIpc) is 2.73. The molecule has 1 aromatic rings. The van der Waals surface area contributed by atoms with Crippen LogP contribution >= 0.6 is 27.3 Å². The number of halogens is 1. The van der Waals surface area contributed by atoms with Crippen molar-refractivity contribution < 1.29 is 9.53 Å². The number of carbonyl (C=O) groups is 1. The predicted octanol–water partition coefficient (Wildman–Crippen LogP) is 3.56. The first kappa shape index (κ1) is 15.8. The molecule has 20 heavy (non-hydrogen) atoms. The van der Waals surface area contributed by atoms with Crippen LogP contribution in [0.3, 0.4) is 0 Å². The van der Waals surface area contributed by atoms with E-state index in [0.29, 0.717) is 0 Å². The van der Waals surface area contributed by atoms with Crippen LogP contribution in [0.15, 0.2) is 15.9 Å². The standard InChI is InChI=1S/C14H21BrN2O2S/c1-14(2,3)19-13(18)17-6-4-16(5-7-17)9-12-8-11(15)10-20-12/h8,10H,4-7,9H2,1-3H3. The molecular formula is C14H21BrN2O2S. The molecule has 2 rings (SSSR count). The monoisotopic (exact) mass is 360 g/mol. The van der Waals surface area contributed by atoms with Gasteiger partial charge in [-0.25, -0.2) is 4.79 Å². The van der Waals surface area contributed by atoms with E-state index in [1.165, 1.54) is 4.88 Å². The van der Waals surface area contributed by atoms with Crippen LogP contribution in [0.1, 0.15) is 25.6 Å². The third-order valence-electron chi connectivity index (χ3n) is 3.03. The van der Waals surface area contributed by atoms with Crippen LogP contribution in [0.2, 0.25) is 0 Å². The summed E-state index contributed by atoms with van der Waals surface area (Å²) in [6, 6.07) is 2.16. The van der Waals surface area contributed by atoms with Crippen molar-refractivity contribution in [1.29, 1.82) is 0 Å². The summed E-state index contributed by atoms with van der Waals surface area (Å²) in [6.07, 6.45) is -0.198. The number of amides is 1. The lowest BCUT2D eigenvalue weighted by Gasteiger charge is -2.35. The fourth-order valence-electron chi connectivity index (χ4n) is 2.07. The van der Waals surface area contributed by atoms with Gasteiger partial charge >= 0.3 is 6.09 Å². The fraction of sp³-hybridized carbons (Fsp3) is 0.643. The second kappa shape index (κ2) is 6.45. The molecule has 0 N–H and O–H groups in total. The first-order valence-corrected chi connectivity index (χ1v) is 8.44. The van der Waals surface area contributed by atoms with E-state index in [9.17, 15) is 4.79 Å². The van der Waals surface area contributed by atoms with E-state index in [1.54, 1.807) is 16.2 Å². The lowest BCUT2D eigenvalue weighted by molar-refractivity contribution is 0.0140. The lowest BCUT2D eigenvalue weighted by atomic mass is 10.2. The van der Waals surface area contributed by atoms with E-state index < -0.39 is 5.60 Å². The summed E-state index contributed by atoms with van der Waals surface area (Å²) in [5, 5.41) is 2.10. The Morgan fingerprint density at radius 3 is 2.50 bits per heavy atom. The van der Waals surface area contributed by atoms with Gasteiger partial charge in [-0.05, 0) is 42.8 Å². The largest absolute Gasteiger partial charge is 0.444 e. The molecule has 0 unspecified atom stereocenters. The normalized spacial score (nSPS) is 17.3. The first-order valence-electron chi connectivity index (χ1n) is 6.77. The zero-order valence-corrected chi connectivity index (χ0v) is 14.6. The number of piperazine rings is 1. The summed E-state index contributed by atoms with van der Waals surface area (Å²) in [5.41, 5.74) is -0.419. The fourth-order valence-corrected chi connectivity index (χ4v) is 3.56. The minimum absolute atomic E-state index is 0.198. The third kappa shape index (κ3) is 4.75. The quantitative estimate of drug-likeness (QED) is 0.808. The second-order valence-corrected chi connectivity index (χ2v) is 7.89. The Balaban J connectivity index is 1.79. The summed E-state index contributed by atoms with van der Waals surface area (Å²) in [7, 11) is 0. The Morgan fingerprint density at radius 2 is 2.00 bits per heavy atom. The van der Waals surface area contributed by atoms with Gasteiger partial charge in [-0.15, -0.1) is 11.3 Å². The van der Waals surface area contributed by atoms with Crippen molar-refractivity contribution in [3.8, 4) is 0 Å². The summed E-state index contributed by atoms with van der Waals surface area (Å²) < 4.78 is 6.54. The molecule has 2 heterocycles. The molecule has 1 aromatic heterocycles. The van der Waals surface area contributed by atoms with Gasteiger partial charge in [-0.1, -0.05) is 0 Å². The number of thiophene rings is 1. The lowest BCUT2D eigenvalue weighted by Crippen LogP contribution is -2.49. The molecule has 1 fully saturated rings. The van der Waals surface area contributed by atoms with Crippen LogP contribution < -0.4 is 0 Å². The number of rotatable bonds is 2. The highest BCUT2D eigenvalue weighted by atomic mass is 79.9. The molecule has 1 amide bonds. The summed E-state index contributed by atoms with van der Waals surface area (Å²) >= 11 is 5.24. The minimum atomic E-state index is -0.419. The van der Waals surface area contributed by atoms with Gasteiger partial charge in [0.05, 0.1) is 0 Å². The molecule has 1 saturated heterocycles. The van der Waals surface area contributed by atoms with Crippen molar-refractivity contribution in [3.63, 3.8) is 0 Å². The van der Waals surface area contributed by atoms with Crippen molar-refractivity contribution >= 4 is 33.4 Å². The summed E-state index contributed by atoms with van der Waals surface area (Å²) in [5.74, 6) is 0. The average molecular weight is 361 g/mol. The smallest absolute Gasteiger partial charge is 0.410 e. The van der Waals surface area contributed by atoms with Crippen LogP contribution in [-0.4, -0.2) is 47.7 Å². The van der Waals surface area contributed by atoms with E-state index in [2.05, 4.69) is 32.3 Å². The van der Waals surface area contributed by atoms with Crippen molar-refractivity contribution in [3.05, 3.63) is 20.8 Å². The topological polar surface area (TPSA) is 32.8 Å². The second-order valence-electron chi connectivity index (χ2n) is 5.97. The Morgan fingerprint density at radius 1 is 1.35 bits per heavy atom. The van der Waals surface area contributed by atoms with E-state index in [0.717, 1.165) is 37.2 Å². The van der Waals surface area contributed by atoms with Crippen molar-refractivity contribution in [2.24, 2.45) is 0 Å². The number of hydrogen-bond donors (Lipinski definition) is 0. The third-order valence-corrected chi connectivity index (χ3v) is 4.71. The molecule has 6 heteroatoms. The molecule has 0 aromatic carbocycles. The van der Waals surface area contributed by atoms with Crippen LogP contribution in [0.4, 0.5) is 4.79 Å². The van der Waals surface area contributed by atoms with Gasteiger partial charge in [0.25, 0.3) is 0 Å². The molecule has 1 aliphatic rings. The van der Waals surface area contributed by atoms with Gasteiger partial charge in [0.15, 0.2) is 0 Å². The van der Waals surface area contributed by atoms with Crippen LogP contribution in [0, 0.1) is 0 Å². The maximum absolute atomic E-state index is 12.0. The highest BCUT2D eigenvalue weighted by Gasteiger charge is 2.25. The maximum Gasteiger partial charge on any atom is 0.410 e. The Labute approximate surface area is 132 Å². The highest BCUT2D eigenvalue weighted by Crippen LogP contribution is 2.22. The minimum Gasteiger partial charge on any atom is -0.444 e. The van der Waals surface area contributed by atoms with E-state index in [4.69, 9.17) is 4.74 Å². The number of nitrogens with zero attached hydrogens (tertiary/aromatic N) is 2. The van der Waals surface area contributed by atoms with E-state index in [-0.39, 0.29) is 6.09 Å². The molecule has 0 atom stereocenters. The Hall–Kier alpha value is -0.590. The highest BCUT2D eigenvalue weighted by molar-refractivity contribution is 9.10. The molecule has 0 bridgehead atoms. The van der Waals surface area contributed by atoms with Gasteiger partial charge in [0, 0.05) is 47.5 Å². The molecular weight excluding hydrogens is 340 g/mol. The van der Waals surface area contributed by atoms with Crippen LogP contribution in [0.25, 0.3) is 0 Å². The Bertz CT molecular complexity index is 462. The summed E-state index contributed by atoms with van der Waals surface area (Å²) in [4.78, 5) is 17.5. The molecule has 0 radical (unpaired) electrons. The maximum atomic E-state index is 12.0. The zero-order valence-electron chi connectivity index (χ0n) is 12.2. The molecule has 112 valence electrons. The zero-order chi connectivity index (χ0) is 14.8. The van der Waals surface area contributed by atoms with Crippen molar-refractivity contribution in [2.75, 3.05) is 26.2 Å². The van der Waals surface area contributed by atoms with Gasteiger partial charge in [0.1, 0.15) is 5.60 Å². The van der Waals surface area contributed by atoms with Crippen molar-refractivity contribution in [1.82, 2.24) is 9.80 Å². The molecule has 0 aliphatic carbocycles. The molecule has 4 nitrogen and oxygen atoms in total. The number of hydrogen-bond acceptors (Lipinski definition) is 4. The summed E-state index contributed by atoms with van der Waals surface area (Å²) in [6.45, 7) is 9.92. The molecule has 0 saturated carbocycles. The van der Waals surface area contributed by atoms with Gasteiger partial charge < -0.3 is 9.64 Å². The number of carbonyl (C=O) groups excluding carboxylic acids is 1. The first-order chi connectivity index (χ1) is 9.33. The van der Waals surface area contributed by atoms with E-state index in [1.807, 2.05) is 20.8 Å². The van der Waals surface area contributed by atoms with Gasteiger partial charge in [0.2, 0.25) is 0 Å².